The molecule has 0 aromatic heterocycles. The Bertz CT molecular complexity index is 838. The van der Waals surface area contributed by atoms with Crippen molar-refractivity contribution in [3.05, 3.63) is 64.7 Å². The van der Waals surface area contributed by atoms with E-state index in [1.54, 1.807) is 0 Å². The van der Waals surface area contributed by atoms with Crippen molar-refractivity contribution in [1.29, 1.82) is 0 Å². The van der Waals surface area contributed by atoms with Gasteiger partial charge in [-0.3, -0.25) is 4.79 Å². The molecule has 0 unspecified atom stereocenters. The molecule has 1 aliphatic heterocycles. The molecule has 1 N–H and O–H groups in total. The van der Waals surface area contributed by atoms with Crippen molar-refractivity contribution in [2.24, 2.45) is 0 Å². The Morgan fingerprint density at radius 3 is 2.59 bits per heavy atom. The lowest BCUT2D eigenvalue weighted by Gasteiger charge is -2.38. The summed E-state index contributed by atoms with van der Waals surface area (Å²) in [5.74, 6) is 0.985. The molecule has 1 aliphatic carbocycles. The van der Waals surface area contributed by atoms with Crippen LogP contribution < -0.4 is 10.1 Å². The van der Waals surface area contributed by atoms with Crippen molar-refractivity contribution >= 4 is 5.91 Å². The Kier molecular flexibility index (Phi) is 6.19. The van der Waals surface area contributed by atoms with Gasteiger partial charge in [0.1, 0.15) is 5.75 Å². The van der Waals surface area contributed by atoms with Crippen molar-refractivity contribution in [2.75, 3.05) is 26.4 Å². The molecule has 2 aliphatic rings. The van der Waals surface area contributed by atoms with Crippen molar-refractivity contribution in [2.45, 2.75) is 50.9 Å². The zero-order chi connectivity index (χ0) is 20.1. The Labute approximate surface area is 173 Å². The normalized spacial score (nSPS) is 17.6. The maximum atomic E-state index is 12.7. The number of aryl methyl sites for hydroxylation is 2. The van der Waals surface area contributed by atoms with Gasteiger partial charge in [0.25, 0.3) is 0 Å². The van der Waals surface area contributed by atoms with Crippen LogP contribution >= 0.6 is 0 Å². The van der Waals surface area contributed by atoms with Crippen LogP contribution in [0.5, 0.6) is 5.75 Å². The van der Waals surface area contributed by atoms with Crippen LogP contribution in [-0.2, 0) is 34.2 Å². The summed E-state index contributed by atoms with van der Waals surface area (Å²) < 4.78 is 11.2. The van der Waals surface area contributed by atoms with Gasteiger partial charge >= 0.3 is 0 Å². The molecule has 0 atom stereocenters. The van der Waals surface area contributed by atoms with Gasteiger partial charge in [0.2, 0.25) is 5.91 Å². The van der Waals surface area contributed by atoms with Crippen molar-refractivity contribution in [1.82, 2.24) is 5.32 Å². The lowest BCUT2D eigenvalue weighted by molar-refractivity contribution is -0.120. The molecule has 0 bridgehead atoms. The Morgan fingerprint density at radius 2 is 1.83 bits per heavy atom. The molecule has 2 aromatic carbocycles. The predicted octanol–water partition coefficient (Wildman–Crippen LogP) is 3.98. The lowest BCUT2D eigenvalue weighted by Crippen LogP contribution is -2.45. The molecular weight excluding hydrogens is 362 g/mol. The summed E-state index contributed by atoms with van der Waals surface area (Å²) in [6.45, 7) is 4.76. The highest BCUT2D eigenvalue weighted by molar-refractivity contribution is 5.78. The summed E-state index contributed by atoms with van der Waals surface area (Å²) >= 11 is 0. The van der Waals surface area contributed by atoms with Crippen LogP contribution in [0.1, 0.15) is 48.4 Å². The van der Waals surface area contributed by atoms with Gasteiger partial charge < -0.3 is 14.8 Å². The molecule has 0 radical (unpaired) electrons. The molecule has 1 saturated heterocycles. The van der Waals surface area contributed by atoms with Crippen LogP contribution in [0.2, 0.25) is 0 Å². The van der Waals surface area contributed by atoms with E-state index in [0.29, 0.717) is 19.6 Å². The number of benzene rings is 2. The maximum absolute atomic E-state index is 12.7. The van der Waals surface area contributed by atoms with Gasteiger partial charge in [-0.05, 0) is 73.4 Å². The molecule has 0 saturated carbocycles. The van der Waals surface area contributed by atoms with Gasteiger partial charge in [-0.2, -0.15) is 0 Å². The standard InChI is InChI=1S/C25H31NO3/c1-2-29-23-10-8-22(9-11-23)25(12-14-28-15-13-25)18-26-24(27)17-19-6-7-20-4-3-5-21(20)16-19/h6-11,16H,2-5,12-15,17-18H2,1H3,(H,26,27). The topological polar surface area (TPSA) is 47.6 Å². The minimum atomic E-state index is -0.0728. The summed E-state index contributed by atoms with van der Waals surface area (Å²) in [6.07, 6.45) is 5.83. The van der Waals surface area contributed by atoms with E-state index in [9.17, 15) is 4.79 Å². The monoisotopic (exact) mass is 393 g/mol. The number of fused-ring (bicyclic) bond motifs is 1. The summed E-state index contributed by atoms with van der Waals surface area (Å²) in [6, 6.07) is 14.9. The second-order valence-electron chi connectivity index (χ2n) is 8.26. The molecule has 4 heteroatoms. The van der Waals surface area contributed by atoms with Gasteiger partial charge in [0, 0.05) is 25.2 Å². The Morgan fingerprint density at radius 1 is 1.07 bits per heavy atom. The van der Waals surface area contributed by atoms with Crippen LogP contribution in [-0.4, -0.2) is 32.3 Å². The average molecular weight is 394 g/mol. The fourth-order valence-electron chi connectivity index (χ4n) is 4.65. The highest BCUT2D eigenvalue weighted by Crippen LogP contribution is 2.35. The van der Waals surface area contributed by atoms with E-state index in [1.807, 2.05) is 19.1 Å². The third kappa shape index (κ3) is 4.64. The second kappa shape index (κ2) is 9.00. The Balaban J connectivity index is 1.42. The van der Waals surface area contributed by atoms with Crippen molar-refractivity contribution in [3.63, 3.8) is 0 Å². The number of nitrogens with one attached hydrogen (secondary N) is 1. The molecule has 1 heterocycles. The van der Waals surface area contributed by atoms with Crippen LogP contribution in [0.15, 0.2) is 42.5 Å². The summed E-state index contributed by atoms with van der Waals surface area (Å²) in [5, 5.41) is 3.22. The molecule has 4 rings (SSSR count). The number of amides is 1. The minimum absolute atomic E-state index is 0.0728. The highest BCUT2D eigenvalue weighted by Gasteiger charge is 2.34. The van der Waals surface area contributed by atoms with E-state index in [4.69, 9.17) is 9.47 Å². The molecule has 29 heavy (non-hydrogen) atoms. The smallest absolute Gasteiger partial charge is 0.224 e. The van der Waals surface area contributed by atoms with Gasteiger partial charge in [-0.1, -0.05) is 30.3 Å². The van der Waals surface area contributed by atoms with Crippen molar-refractivity contribution < 1.29 is 14.3 Å². The second-order valence-corrected chi connectivity index (χ2v) is 8.26. The molecule has 0 spiro atoms. The lowest BCUT2D eigenvalue weighted by atomic mass is 9.74. The summed E-state index contributed by atoms with van der Waals surface area (Å²) in [5.41, 5.74) is 5.17. The third-order valence-corrected chi connectivity index (χ3v) is 6.38. The Hall–Kier alpha value is -2.33. The molecule has 2 aromatic rings. The fourth-order valence-corrected chi connectivity index (χ4v) is 4.65. The summed E-state index contributed by atoms with van der Waals surface area (Å²) in [4.78, 5) is 12.7. The number of carbonyl (C=O) groups is 1. The first-order valence-corrected chi connectivity index (χ1v) is 10.9. The maximum Gasteiger partial charge on any atom is 0.224 e. The van der Waals surface area contributed by atoms with E-state index in [0.717, 1.165) is 43.8 Å². The van der Waals surface area contributed by atoms with Gasteiger partial charge in [-0.15, -0.1) is 0 Å². The molecule has 154 valence electrons. The number of ether oxygens (including phenoxy) is 2. The first-order chi connectivity index (χ1) is 14.2. The van der Waals surface area contributed by atoms with E-state index < -0.39 is 0 Å². The molecular formula is C25H31NO3. The molecule has 4 nitrogen and oxygen atoms in total. The SMILES string of the molecule is CCOc1ccc(C2(CNC(=O)Cc3ccc4c(c3)CCC4)CCOCC2)cc1. The third-order valence-electron chi connectivity index (χ3n) is 6.38. The first kappa shape index (κ1) is 20.0. The number of hydrogen-bond acceptors (Lipinski definition) is 3. The van der Waals surface area contributed by atoms with E-state index >= 15 is 0 Å². The summed E-state index contributed by atoms with van der Waals surface area (Å²) in [7, 11) is 0. The largest absolute Gasteiger partial charge is 0.494 e. The quantitative estimate of drug-likeness (QED) is 0.774. The van der Waals surface area contributed by atoms with Gasteiger partial charge in [0.05, 0.1) is 13.0 Å². The van der Waals surface area contributed by atoms with Crippen LogP contribution in [0.3, 0.4) is 0 Å². The zero-order valence-corrected chi connectivity index (χ0v) is 17.3. The first-order valence-electron chi connectivity index (χ1n) is 10.9. The number of rotatable bonds is 7. The van der Waals surface area contributed by atoms with Crippen LogP contribution in [0.4, 0.5) is 0 Å². The molecule has 1 amide bonds. The highest BCUT2D eigenvalue weighted by atomic mass is 16.5. The fraction of sp³-hybridized carbons (Fsp3) is 0.480. The predicted molar refractivity (Wildman–Crippen MR) is 115 cm³/mol. The zero-order valence-electron chi connectivity index (χ0n) is 17.3. The number of hydrogen-bond donors (Lipinski definition) is 1. The van der Waals surface area contributed by atoms with Crippen molar-refractivity contribution in [3.8, 4) is 5.75 Å². The van der Waals surface area contributed by atoms with E-state index in [-0.39, 0.29) is 11.3 Å². The van der Waals surface area contributed by atoms with Gasteiger partial charge in [-0.25, -0.2) is 0 Å². The van der Waals surface area contributed by atoms with Crippen LogP contribution in [0, 0.1) is 0 Å². The number of carbonyl (C=O) groups excluding carboxylic acids is 1. The van der Waals surface area contributed by atoms with Crippen LogP contribution in [0.25, 0.3) is 0 Å². The van der Waals surface area contributed by atoms with Gasteiger partial charge in [0.15, 0.2) is 0 Å². The average Bonchev–Trinajstić information content (AvgIpc) is 3.22. The minimum Gasteiger partial charge on any atom is -0.494 e. The van der Waals surface area contributed by atoms with E-state index in [2.05, 4.69) is 35.6 Å². The van der Waals surface area contributed by atoms with E-state index in [1.165, 1.54) is 29.5 Å². The molecule has 1 fully saturated rings.